The SMILES string of the molecule is CC1C=CC=C/C1=C(\c1cc(-c2cc3ccccc3c3ccccc23)ccc1Cl)c1ccccc1Cc1ccccc1. The van der Waals surface area contributed by atoms with E-state index >= 15 is 0 Å². The number of halogens is 1. The van der Waals surface area contributed by atoms with Gasteiger partial charge >= 0.3 is 0 Å². The van der Waals surface area contributed by atoms with E-state index in [2.05, 4.69) is 159 Å². The van der Waals surface area contributed by atoms with E-state index in [0.29, 0.717) is 0 Å². The molecule has 1 atom stereocenters. The van der Waals surface area contributed by atoms with Crippen LogP contribution in [0.2, 0.25) is 5.02 Å². The van der Waals surface area contributed by atoms with Crippen LogP contribution in [0.15, 0.2) is 157 Å². The summed E-state index contributed by atoms with van der Waals surface area (Å²) in [5.41, 5.74) is 9.74. The van der Waals surface area contributed by atoms with Crippen LogP contribution in [0, 0.1) is 5.92 Å². The summed E-state index contributed by atoms with van der Waals surface area (Å²) in [6.45, 7) is 2.27. The predicted octanol–water partition coefficient (Wildman–Crippen LogP) is 11.5. The number of fused-ring (bicyclic) bond motifs is 3. The van der Waals surface area contributed by atoms with Gasteiger partial charge in [0, 0.05) is 10.6 Å². The lowest BCUT2D eigenvalue weighted by Gasteiger charge is -2.23. The van der Waals surface area contributed by atoms with E-state index in [-0.39, 0.29) is 5.92 Å². The number of benzene rings is 6. The Balaban J connectivity index is 1.47. The summed E-state index contributed by atoms with van der Waals surface area (Å²) < 4.78 is 0. The highest BCUT2D eigenvalue weighted by molar-refractivity contribution is 6.33. The highest BCUT2D eigenvalue weighted by Crippen LogP contribution is 2.42. The van der Waals surface area contributed by atoms with Crippen LogP contribution >= 0.6 is 11.6 Å². The van der Waals surface area contributed by atoms with Crippen molar-refractivity contribution in [3.05, 3.63) is 185 Å². The summed E-state index contributed by atoms with van der Waals surface area (Å²) in [7, 11) is 0. The van der Waals surface area contributed by atoms with Gasteiger partial charge in [-0.25, -0.2) is 0 Å². The van der Waals surface area contributed by atoms with Crippen molar-refractivity contribution < 1.29 is 0 Å². The average molecular weight is 559 g/mol. The number of rotatable bonds is 5. The molecule has 202 valence electrons. The zero-order valence-corrected chi connectivity index (χ0v) is 24.4. The molecule has 0 heterocycles. The first-order valence-electron chi connectivity index (χ1n) is 14.6. The van der Waals surface area contributed by atoms with E-state index < -0.39 is 0 Å². The molecule has 0 radical (unpaired) electrons. The van der Waals surface area contributed by atoms with Crippen LogP contribution in [0.3, 0.4) is 0 Å². The zero-order chi connectivity index (χ0) is 28.5. The van der Waals surface area contributed by atoms with Gasteiger partial charge in [-0.3, -0.25) is 0 Å². The molecule has 1 aliphatic rings. The average Bonchev–Trinajstić information content (AvgIpc) is 3.04. The van der Waals surface area contributed by atoms with E-state index in [1.165, 1.54) is 54.9 Å². The highest BCUT2D eigenvalue weighted by Gasteiger charge is 2.21. The maximum Gasteiger partial charge on any atom is 0.0485 e. The molecule has 1 unspecified atom stereocenters. The van der Waals surface area contributed by atoms with Crippen molar-refractivity contribution >= 4 is 38.7 Å². The first kappa shape index (κ1) is 26.3. The van der Waals surface area contributed by atoms with Gasteiger partial charge in [-0.1, -0.05) is 152 Å². The molecule has 0 saturated carbocycles. The molecule has 0 aromatic heterocycles. The van der Waals surface area contributed by atoms with Gasteiger partial charge in [-0.15, -0.1) is 0 Å². The molecule has 0 saturated heterocycles. The molecular formula is C41H31Cl. The molecule has 6 aromatic rings. The molecule has 1 aliphatic carbocycles. The van der Waals surface area contributed by atoms with E-state index in [9.17, 15) is 0 Å². The standard InChI is InChI=1S/C41H31Cl/c1-28-13-5-8-18-33(28)41(35-20-10-7-16-30(35)25-29-14-3-2-4-15-29)39-27-32(23-24-40(39)42)38-26-31-17-6-9-19-34(31)36-21-11-12-22-37(36)38/h2-24,26-28H,25H2,1H3/b41-33+. The molecule has 0 N–H and O–H groups in total. The zero-order valence-electron chi connectivity index (χ0n) is 23.6. The lowest BCUT2D eigenvalue weighted by Crippen LogP contribution is -2.05. The fraction of sp³-hybridized carbons (Fsp3) is 0.0732. The summed E-state index contributed by atoms with van der Waals surface area (Å²) in [6, 6.07) is 45.7. The molecule has 42 heavy (non-hydrogen) atoms. The van der Waals surface area contributed by atoms with Crippen LogP contribution in [0.5, 0.6) is 0 Å². The van der Waals surface area contributed by atoms with Crippen molar-refractivity contribution in [2.75, 3.05) is 0 Å². The topological polar surface area (TPSA) is 0 Å². The van der Waals surface area contributed by atoms with Crippen LogP contribution in [0.4, 0.5) is 0 Å². The summed E-state index contributed by atoms with van der Waals surface area (Å²) in [6.07, 6.45) is 9.66. The molecular weight excluding hydrogens is 528 g/mol. The van der Waals surface area contributed by atoms with Crippen LogP contribution in [0.1, 0.15) is 29.2 Å². The van der Waals surface area contributed by atoms with Crippen LogP contribution < -0.4 is 0 Å². The minimum absolute atomic E-state index is 0.260. The summed E-state index contributed by atoms with van der Waals surface area (Å²) in [4.78, 5) is 0. The van der Waals surface area contributed by atoms with Crippen molar-refractivity contribution in [1.29, 1.82) is 0 Å². The third-order valence-electron chi connectivity index (χ3n) is 8.40. The third-order valence-corrected chi connectivity index (χ3v) is 8.73. The minimum Gasteiger partial charge on any atom is -0.0837 e. The number of hydrogen-bond donors (Lipinski definition) is 0. The smallest absolute Gasteiger partial charge is 0.0485 e. The Morgan fingerprint density at radius 2 is 1.36 bits per heavy atom. The Labute approximate surface area is 252 Å². The Morgan fingerprint density at radius 3 is 2.19 bits per heavy atom. The molecule has 0 fully saturated rings. The van der Waals surface area contributed by atoms with Gasteiger partial charge in [0.15, 0.2) is 0 Å². The lowest BCUT2D eigenvalue weighted by molar-refractivity contribution is 0.886. The maximum absolute atomic E-state index is 7.14. The van der Waals surface area contributed by atoms with Crippen molar-refractivity contribution in [2.24, 2.45) is 5.92 Å². The van der Waals surface area contributed by atoms with Gasteiger partial charge in [0.05, 0.1) is 0 Å². The molecule has 0 bridgehead atoms. The predicted molar refractivity (Wildman–Crippen MR) is 181 cm³/mol. The second-order valence-corrected chi connectivity index (χ2v) is 11.5. The second kappa shape index (κ2) is 11.3. The third kappa shape index (κ3) is 4.89. The van der Waals surface area contributed by atoms with Gasteiger partial charge in [0.2, 0.25) is 0 Å². The Kier molecular flexibility index (Phi) is 7.08. The van der Waals surface area contributed by atoms with Crippen molar-refractivity contribution in [3.63, 3.8) is 0 Å². The normalized spacial score (nSPS) is 15.8. The van der Waals surface area contributed by atoms with E-state index in [1.54, 1.807) is 0 Å². The minimum atomic E-state index is 0.260. The molecule has 7 rings (SSSR count). The summed E-state index contributed by atoms with van der Waals surface area (Å²) in [5, 5.41) is 5.79. The Morgan fingerprint density at radius 1 is 0.643 bits per heavy atom. The van der Waals surface area contributed by atoms with E-state index in [1.807, 2.05) is 0 Å². The van der Waals surface area contributed by atoms with Crippen LogP contribution in [0.25, 0.3) is 38.2 Å². The van der Waals surface area contributed by atoms with Crippen LogP contribution in [-0.4, -0.2) is 0 Å². The van der Waals surface area contributed by atoms with Crippen molar-refractivity contribution in [1.82, 2.24) is 0 Å². The first-order chi connectivity index (χ1) is 20.7. The van der Waals surface area contributed by atoms with Gasteiger partial charge < -0.3 is 0 Å². The molecule has 0 nitrogen and oxygen atoms in total. The molecule has 0 amide bonds. The first-order valence-corrected chi connectivity index (χ1v) is 15.0. The quantitative estimate of drug-likeness (QED) is 0.185. The van der Waals surface area contributed by atoms with E-state index in [4.69, 9.17) is 11.6 Å². The Hall–Kier alpha value is -4.65. The Bertz CT molecular complexity index is 2020. The molecule has 0 spiro atoms. The number of allylic oxidation sites excluding steroid dienone is 5. The summed E-state index contributed by atoms with van der Waals surface area (Å²) in [5.74, 6) is 0.260. The fourth-order valence-corrected chi connectivity index (χ4v) is 6.54. The van der Waals surface area contributed by atoms with Gasteiger partial charge in [0.1, 0.15) is 0 Å². The van der Waals surface area contributed by atoms with Gasteiger partial charge in [-0.05, 0) is 91.0 Å². The molecule has 6 aromatic carbocycles. The molecule has 0 aliphatic heterocycles. The maximum atomic E-state index is 7.14. The van der Waals surface area contributed by atoms with Crippen molar-refractivity contribution in [3.8, 4) is 11.1 Å². The summed E-state index contributed by atoms with van der Waals surface area (Å²) >= 11 is 7.14. The largest absolute Gasteiger partial charge is 0.0837 e. The highest BCUT2D eigenvalue weighted by atomic mass is 35.5. The van der Waals surface area contributed by atoms with E-state index in [0.717, 1.165) is 22.6 Å². The second-order valence-electron chi connectivity index (χ2n) is 11.1. The fourth-order valence-electron chi connectivity index (χ4n) is 6.32. The van der Waals surface area contributed by atoms with Crippen LogP contribution in [-0.2, 0) is 6.42 Å². The van der Waals surface area contributed by atoms with Gasteiger partial charge in [0.25, 0.3) is 0 Å². The van der Waals surface area contributed by atoms with Gasteiger partial charge in [-0.2, -0.15) is 0 Å². The lowest BCUT2D eigenvalue weighted by atomic mass is 9.82. The molecule has 1 heteroatoms. The van der Waals surface area contributed by atoms with Crippen molar-refractivity contribution in [2.45, 2.75) is 13.3 Å². The number of hydrogen-bond acceptors (Lipinski definition) is 0. The monoisotopic (exact) mass is 558 g/mol.